The average molecular weight is 401 g/mol. The molecule has 2 heterocycles. The fourth-order valence-corrected chi connectivity index (χ4v) is 3.86. The number of nitrogens with one attached hydrogen (secondary N) is 1. The highest BCUT2D eigenvalue weighted by molar-refractivity contribution is 5.80. The Hall–Kier alpha value is -1.89. The van der Waals surface area contributed by atoms with Gasteiger partial charge in [-0.15, -0.1) is 0 Å². The predicted octanol–water partition coefficient (Wildman–Crippen LogP) is 2.48. The first-order chi connectivity index (χ1) is 14.2. The van der Waals surface area contributed by atoms with E-state index in [0.29, 0.717) is 6.54 Å². The van der Waals surface area contributed by atoms with Gasteiger partial charge in [0.1, 0.15) is 0 Å². The van der Waals surface area contributed by atoms with Crippen LogP contribution in [0.4, 0.5) is 0 Å². The summed E-state index contributed by atoms with van der Waals surface area (Å²) in [6.07, 6.45) is 6.29. The Bertz CT molecular complexity index is 648. The maximum Gasteiger partial charge on any atom is 0.194 e. The zero-order chi connectivity index (χ0) is 20.4. The summed E-state index contributed by atoms with van der Waals surface area (Å²) in [5.74, 6) is 1.01. The maximum absolute atomic E-state index is 5.84. The number of methoxy groups -OCH3 is 1. The van der Waals surface area contributed by atoms with Crippen LogP contribution in [-0.2, 0) is 9.47 Å². The van der Waals surface area contributed by atoms with Gasteiger partial charge in [0.05, 0.1) is 12.1 Å². The highest BCUT2D eigenvalue weighted by Crippen LogP contribution is 2.24. The van der Waals surface area contributed by atoms with E-state index in [1.54, 1.807) is 7.11 Å². The van der Waals surface area contributed by atoms with Gasteiger partial charge in [-0.25, -0.2) is 0 Å². The second-order valence-electron chi connectivity index (χ2n) is 7.77. The monoisotopic (exact) mass is 400 g/mol. The van der Waals surface area contributed by atoms with Gasteiger partial charge in [-0.1, -0.05) is 42.5 Å². The smallest absolute Gasteiger partial charge is 0.194 e. The Labute approximate surface area is 175 Å². The molecule has 6 heteroatoms. The van der Waals surface area contributed by atoms with E-state index < -0.39 is 0 Å². The topological polar surface area (TPSA) is 49.3 Å². The van der Waals surface area contributed by atoms with Crippen molar-refractivity contribution in [3.05, 3.63) is 42.0 Å². The SMILES string of the molecule is CCNC(=NCC1(OC)CCOCC1)N1CCN(C/C=C/c2ccccc2)CC1. The van der Waals surface area contributed by atoms with Crippen LogP contribution in [0.15, 0.2) is 41.4 Å². The van der Waals surface area contributed by atoms with Gasteiger partial charge in [0.15, 0.2) is 5.96 Å². The molecule has 2 fully saturated rings. The van der Waals surface area contributed by atoms with Crippen LogP contribution in [0.3, 0.4) is 0 Å². The van der Waals surface area contributed by atoms with E-state index in [-0.39, 0.29) is 5.60 Å². The largest absolute Gasteiger partial charge is 0.381 e. The summed E-state index contributed by atoms with van der Waals surface area (Å²) in [6.45, 7) is 10.3. The van der Waals surface area contributed by atoms with E-state index in [1.807, 2.05) is 0 Å². The number of rotatable bonds is 7. The van der Waals surface area contributed by atoms with Crippen molar-refractivity contribution in [3.63, 3.8) is 0 Å². The Kier molecular flexibility index (Phi) is 8.52. The van der Waals surface area contributed by atoms with Crippen molar-refractivity contribution in [3.8, 4) is 0 Å². The summed E-state index contributed by atoms with van der Waals surface area (Å²) in [7, 11) is 1.80. The molecule has 2 aliphatic heterocycles. The molecule has 0 aromatic heterocycles. The molecule has 0 amide bonds. The van der Waals surface area contributed by atoms with Gasteiger partial charge in [-0.05, 0) is 12.5 Å². The molecule has 0 radical (unpaired) electrons. The molecule has 0 aliphatic carbocycles. The normalized spacial score (nSPS) is 20.9. The highest BCUT2D eigenvalue weighted by atomic mass is 16.5. The lowest BCUT2D eigenvalue weighted by atomic mass is 9.94. The van der Waals surface area contributed by atoms with Crippen LogP contribution < -0.4 is 5.32 Å². The second kappa shape index (κ2) is 11.3. The van der Waals surface area contributed by atoms with Gasteiger partial charge >= 0.3 is 0 Å². The molecule has 2 aliphatic rings. The summed E-state index contributed by atoms with van der Waals surface area (Å²) in [5.41, 5.74) is 1.08. The predicted molar refractivity (Wildman–Crippen MR) is 119 cm³/mol. The van der Waals surface area contributed by atoms with Crippen molar-refractivity contribution in [2.24, 2.45) is 4.99 Å². The minimum Gasteiger partial charge on any atom is -0.381 e. The summed E-state index contributed by atoms with van der Waals surface area (Å²) in [6, 6.07) is 10.5. The third-order valence-electron chi connectivity index (χ3n) is 5.83. The average Bonchev–Trinajstić information content (AvgIpc) is 2.78. The van der Waals surface area contributed by atoms with E-state index in [4.69, 9.17) is 14.5 Å². The zero-order valence-corrected chi connectivity index (χ0v) is 18.0. The van der Waals surface area contributed by atoms with E-state index >= 15 is 0 Å². The van der Waals surface area contributed by atoms with Crippen molar-refractivity contribution < 1.29 is 9.47 Å². The Morgan fingerprint density at radius 2 is 1.90 bits per heavy atom. The molecule has 29 heavy (non-hydrogen) atoms. The van der Waals surface area contributed by atoms with E-state index in [9.17, 15) is 0 Å². The first kappa shape index (κ1) is 21.8. The number of hydrogen-bond acceptors (Lipinski definition) is 4. The molecule has 160 valence electrons. The third kappa shape index (κ3) is 6.56. The van der Waals surface area contributed by atoms with Crippen molar-refractivity contribution in [2.45, 2.75) is 25.4 Å². The van der Waals surface area contributed by atoms with Gasteiger partial charge in [-0.3, -0.25) is 9.89 Å². The molecule has 0 spiro atoms. The van der Waals surface area contributed by atoms with Crippen LogP contribution in [0.25, 0.3) is 6.08 Å². The lowest BCUT2D eigenvalue weighted by Gasteiger charge is -2.38. The Morgan fingerprint density at radius 1 is 1.17 bits per heavy atom. The first-order valence-electron chi connectivity index (χ1n) is 10.8. The number of aliphatic imine (C=N–C) groups is 1. The van der Waals surface area contributed by atoms with Crippen LogP contribution in [-0.4, -0.2) is 87.5 Å². The summed E-state index contributed by atoms with van der Waals surface area (Å²) in [5, 5.41) is 3.47. The molecule has 3 rings (SSSR count). The van der Waals surface area contributed by atoms with Crippen LogP contribution >= 0.6 is 0 Å². The number of piperazine rings is 1. The first-order valence-corrected chi connectivity index (χ1v) is 10.8. The van der Waals surface area contributed by atoms with Crippen molar-refractivity contribution in [1.29, 1.82) is 0 Å². The molecule has 0 atom stereocenters. The molecule has 2 saturated heterocycles. The highest BCUT2D eigenvalue weighted by Gasteiger charge is 2.32. The number of ether oxygens (including phenoxy) is 2. The van der Waals surface area contributed by atoms with Gasteiger partial charge in [-0.2, -0.15) is 0 Å². The Morgan fingerprint density at radius 3 is 2.55 bits per heavy atom. The summed E-state index contributed by atoms with van der Waals surface area (Å²) >= 11 is 0. The summed E-state index contributed by atoms with van der Waals surface area (Å²) in [4.78, 5) is 9.82. The minimum atomic E-state index is -0.178. The molecule has 6 nitrogen and oxygen atoms in total. The second-order valence-corrected chi connectivity index (χ2v) is 7.77. The molecule has 0 unspecified atom stereocenters. The van der Waals surface area contributed by atoms with Gasteiger partial charge in [0, 0.05) is 72.4 Å². The standard InChI is InChI=1S/C23H36N4O2/c1-3-24-22(25-20-23(28-2)11-18-29-19-12-23)27-16-14-26(15-17-27)13-7-10-21-8-5-4-6-9-21/h4-10H,3,11-20H2,1-2H3,(H,24,25)/b10-7+. The molecule has 1 aromatic carbocycles. The molecule has 1 aromatic rings. The summed E-state index contributed by atoms with van der Waals surface area (Å²) < 4.78 is 11.3. The molecule has 1 N–H and O–H groups in total. The lowest BCUT2D eigenvalue weighted by Crippen LogP contribution is -2.53. The minimum absolute atomic E-state index is 0.178. The van der Waals surface area contributed by atoms with Crippen LogP contribution in [0.2, 0.25) is 0 Å². The molecular weight excluding hydrogens is 364 g/mol. The zero-order valence-electron chi connectivity index (χ0n) is 18.0. The van der Waals surface area contributed by atoms with Crippen LogP contribution in [0.5, 0.6) is 0 Å². The lowest BCUT2D eigenvalue weighted by molar-refractivity contribution is -0.0829. The van der Waals surface area contributed by atoms with E-state index in [1.165, 1.54) is 5.56 Å². The fourth-order valence-electron chi connectivity index (χ4n) is 3.86. The van der Waals surface area contributed by atoms with Gasteiger partial charge in [0.25, 0.3) is 0 Å². The quantitative estimate of drug-likeness (QED) is 0.563. The number of benzene rings is 1. The number of hydrogen-bond donors (Lipinski definition) is 1. The maximum atomic E-state index is 5.84. The molecule has 0 bridgehead atoms. The molecule has 0 saturated carbocycles. The van der Waals surface area contributed by atoms with E-state index in [2.05, 4.69) is 64.5 Å². The van der Waals surface area contributed by atoms with Gasteiger partial charge in [0.2, 0.25) is 0 Å². The van der Waals surface area contributed by atoms with Crippen molar-refractivity contribution in [2.75, 3.05) is 66.1 Å². The van der Waals surface area contributed by atoms with Crippen LogP contribution in [0, 0.1) is 0 Å². The molecular formula is C23H36N4O2. The van der Waals surface area contributed by atoms with Crippen LogP contribution in [0.1, 0.15) is 25.3 Å². The van der Waals surface area contributed by atoms with E-state index in [0.717, 1.165) is 71.3 Å². The van der Waals surface area contributed by atoms with Crippen molar-refractivity contribution >= 4 is 12.0 Å². The Balaban J connectivity index is 1.50. The van der Waals surface area contributed by atoms with Gasteiger partial charge < -0.3 is 19.7 Å². The fraction of sp³-hybridized carbons (Fsp3) is 0.609. The van der Waals surface area contributed by atoms with Crippen molar-refractivity contribution in [1.82, 2.24) is 15.1 Å². The third-order valence-corrected chi connectivity index (χ3v) is 5.83. The number of nitrogens with zero attached hydrogens (tertiary/aromatic N) is 3. The number of guanidine groups is 1.